The molecule has 0 aliphatic carbocycles. The van der Waals surface area contributed by atoms with Gasteiger partial charge in [0.2, 0.25) is 5.91 Å². The van der Waals surface area contributed by atoms with Gasteiger partial charge in [-0.15, -0.1) is 0 Å². The van der Waals surface area contributed by atoms with Gasteiger partial charge in [-0.1, -0.05) is 0 Å². The third kappa shape index (κ3) is 1.12. The lowest BCUT2D eigenvalue weighted by Gasteiger charge is -2.08. The van der Waals surface area contributed by atoms with E-state index in [2.05, 4.69) is 9.97 Å². The van der Waals surface area contributed by atoms with Gasteiger partial charge in [-0.2, -0.15) is 4.98 Å². The summed E-state index contributed by atoms with van der Waals surface area (Å²) in [6, 6.07) is 0.292. The fourth-order valence-corrected chi connectivity index (χ4v) is 1.30. The first-order valence-electron chi connectivity index (χ1n) is 3.89. The van der Waals surface area contributed by atoms with Crippen LogP contribution in [-0.2, 0) is 11.2 Å². The molecule has 0 atom stereocenters. The number of likely N-dealkylation sites (N-methyl/N-ethyl adjacent to an activating group) is 1. The summed E-state index contributed by atoms with van der Waals surface area (Å²) in [5, 5.41) is 0. The van der Waals surface area contributed by atoms with E-state index in [-0.39, 0.29) is 5.91 Å². The fourth-order valence-electron chi connectivity index (χ4n) is 1.30. The standard InChI is InChI=1S/C8H9N3O2/c1-11-6(12)3-5-4-9-8(13-2)10-7(5)11/h4H,3H2,1-2H3. The summed E-state index contributed by atoms with van der Waals surface area (Å²) in [5.74, 6) is 0.689. The van der Waals surface area contributed by atoms with E-state index in [1.54, 1.807) is 13.2 Å². The Morgan fingerprint density at radius 1 is 1.62 bits per heavy atom. The maximum absolute atomic E-state index is 11.2. The number of ether oxygens (including phenoxy) is 1. The number of nitrogens with zero attached hydrogens (tertiary/aromatic N) is 3. The van der Waals surface area contributed by atoms with Gasteiger partial charge in [-0.25, -0.2) is 4.98 Å². The number of fused-ring (bicyclic) bond motifs is 1. The van der Waals surface area contributed by atoms with Crippen molar-refractivity contribution < 1.29 is 9.53 Å². The van der Waals surface area contributed by atoms with Crippen molar-refractivity contribution >= 4 is 11.7 Å². The highest BCUT2D eigenvalue weighted by molar-refractivity contribution is 5.99. The summed E-state index contributed by atoms with van der Waals surface area (Å²) in [4.78, 5) is 20.8. The van der Waals surface area contributed by atoms with Crippen molar-refractivity contribution in [1.82, 2.24) is 9.97 Å². The van der Waals surface area contributed by atoms with E-state index in [9.17, 15) is 4.79 Å². The van der Waals surface area contributed by atoms with E-state index in [0.29, 0.717) is 18.2 Å². The highest BCUT2D eigenvalue weighted by atomic mass is 16.5. The number of amides is 1. The van der Waals surface area contributed by atoms with Gasteiger partial charge in [-0.05, 0) is 0 Å². The number of carbonyl (C=O) groups is 1. The second-order valence-corrected chi connectivity index (χ2v) is 2.84. The minimum absolute atomic E-state index is 0.0394. The van der Waals surface area contributed by atoms with E-state index >= 15 is 0 Å². The molecule has 5 nitrogen and oxygen atoms in total. The van der Waals surface area contributed by atoms with Gasteiger partial charge in [0.1, 0.15) is 5.82 Å². The third-order valence-corrected chi connectivity index (χ3v) is 2.04. The molecule has 0 bridgehead atoms. The molecule has 0 spiro atoms. The molecular formula is C8H9N3O2. The van der Waals surface area contributed by atoms with Crippen LogP contribution in [0.3, 0.4) is 0 Å². The minimum Gasteiger partial charge on any atom is -0.467 e. The van der Waals surface area contributed by atoms with Crippen LogP contribution in [0.1, 0.15) is 5.56 Å². The minimum atomic E-state index is 0.0394. The van der Waals surface area contributed by atoms with Crippen LogP contribution in [0.25, 0.3) is 0 Å². The SMILES string of the molecule is COc1ncc2c(n1)N(C)C(=O)C2. The molecule has 0 N–H and O–H groups in total. The maximum Gasteiger partial charge on any atom is 0.318 e. The average Bonchev–Trinajstić information content (AvgIpc) is 2.43. The van der Waals surface area contributed by atoms with E-state index < -0.39 is 0 Å². The van der Waals surface area contributed by atoms with Gasteiger partial charge in [0.25, 0.3) is 0 Å². The van der Waals surface area contributed by atoms with Crippen molar-refractivity contribution in [1.29, 1.82) is 0 Å². The van der Waals surface area contributed by atoms with Crippen LogP contribution in [0.15, 0.2) is 6.20 Å². The number of methoxy groups -OCH3 is 1. The van der Waals surface area contributed by atoms with E-state index in [4.69, 9.17) is 4.74 Å². The zero-order valence-electron chi connectivity index (χ0n) is 7.44. The second-order valence-electron chi connectivity index (χ2n) is 2.84. The van der Waals surface area contributed by atoms with Crippen LogP contribution in [0.5, 0.6) is 6.01 Å². The molecular weight excluding hydrogens is 170 g/mol. The number of hydrogen-bond acceptors (Lipinski definition) is 4. The van der Waals surface area contributed by atoms with Gasteiger partial charge >= 0.3 is 6.01 Å². The first kappa shape index (κ1) is 7.97. The lowest BCUT2D eigenvalue weighted by Crippen LogP contribution is -2.21. The Labute approximate surface area is 75.4 Å². The Balaban J connectivity index is 2.47. The van der Waals surface area contributed by atoms with Crippen molar-refractivity contribution in [2.45, 2.75) is 6.42 Å². The van der Waals surface area contributed by atoms with Crippen LogP contribution < -0.4 is 9.64 Å². The van der Waals surface area contributed by atoms with Crippen LogP contribution in [0, 0.1) is 0 Å². The van der Waals surface area contributed by atoms with Crippen LogP contribution in [0.2, 0.25) is 0 Å². The zero-order chi connectivity index (χ0) is 9.42. The Morgan fingerprint density at radius 3 is 3.08 bits per heavy atom. The van der Waals surface area contributed by atoms with Crippen molar-refractivity contribution in [2.75, 3.05) is 19.1 Å². The van der Waals surface area contributed by atoms with Gasteiger partial charge in [0, 0.05) is 18.8 Å². The normalized spacial score (nSPS) is 14.6. The van der Waals surface area contributed by atoms with Crippen molar-refractivity contribution in [3.8, 4) is 6.01 Å². The summed E-state index contributed by atoms with van der Waals surface area (Å²) < 4.78 is 4.86. The smallest absolute Gasteiger partial charge is 0.318 e. The molecule has 0 unspecified atom stereocenters. The molecule has 68 valence electrons. The quantitative estimate of drug-likeness (QED) is 0.609. The second kappa shape index (κ2) is 2.69. The lowest BCUT2D eigenvalue weighted by atomic mass is 10.3. The molecule has 5 heteroatoms. The topological polar surface area (TPSA) is 55.3 Å². The molecule has 1 aliphatic heterocycles. The molecule has 0 saturated carbocycles. The molecule has 0 saturated heterocycles. The first-order chi connectivity index (χ1) is 6.22. The van der Waals surface area contributed by atoms with Gasteiger partial charge in [-0.3, -0.25) is 9.69 Å². The number of rotatable bonds is 1. The molecule has 0 radical (unpaired) electrons. The lowest BCUT2D eigenvalue weighted by molar-refractivity contribution is -0.117. The van der Waals surface area contributed by atoms with Crippen molar-refractivity contribution in [2.24, 2.45) is 0 Å². The largest absolute Gasteiger partial charge is 0.467 e. The predicted octanol–water partition coefficient (Wildman–Crippen LogP) is 0.00410. The van der Waals surface area contributed by atoms with E-state index in [0.717, 1.165) is 5.56 Å². The van der Waals surface area contributed by atoms with Crippen LogP contribution in [-0.4, -0.2) is 30.0 Å². The third-order valence-electron chi connectivity index (χ3n) is 2.04. The molecule has 2 rings (SSSR count). The maximum atomic E-state index is 11.2. The molecule has 2 heterocycles. The number of hydrogen-bond donors (Lipinski definition) is 0. The molecule has 1 aromatic rings. The molecule has 1 amide bonds. The number of carbonyl (C=O) groups excluding carboxylic acids is 1. The molecule has 13 heavy (non-hydrogen) atoms. The Bertz CT molecular complexity index is 364. The van der Waals surface area contributed by atoms with Gasteiger partial charge < -0.3 is 4.74 Å². The highest BCUT2D eigenvalue weighted by Gasteiger charge is 2.26. The highest BCUT2D eigenvalue weighted by Crippen LogP contribution is 2.25. The Kier molecular flexibility index (Phi) is 1.65. The molecule has 1 aliphatic rings. The summed E-state index contributed by atoms with van der Waals surface area (Å²) in [6.07, 6.45) is 2.01. The number of aromatic nitrogens is 2. The average molecular weight is 179 g/mol. The first-order valence-corrected chi connectivity index (χ1v) is 3.89. The van der Waals surface area contributed by atoms with Crippen molar-refractivity contribution in [3.63, 3.8) is 0 Å². The zero-order valence-corrected chi connectivity index (χ0v) is 7.44. The van der Waals surface area contributed by atoms with E-state index in [1.807, 2.05) is 0 Å². The van der Waals surface area contributed by atoms with Crippen LogP contribution >= 0.6 is 0 Å². The van der Waals surface area contributed by atoms with Gasteiger partial charge in [0.05, 0.1) is 13.5 Å². The predicted molar refractivity (Wildman–Crippen MR) is 45.7 cm³/mol. The Morgan fingerprint density at radius 2 is 2.38 bits per heavy atom. The summed E-state index contributed by atoms with van der Waals surface area (Å²) in [6.45, 7) is 0. The number of anilines is 1. The molecule has 0 aromatic carbocycles. The fraction of sp³-hybridized carbons (Fsp3) is 0.375. The van der Waals surface area contributed by atoms with Crippen molar-refractivity contribution in [3.05, 3.63) is 11.8 Å². The van der Waals surface area contributed by atoms with Gasteiger partial charge in [0.15, 0.2) is 0 Å². The molecule has 1 aromatic heterocycles. The van der Waals surface area contributed by atoms with Crippen LogP contribution in [0.4, 0.5) is 5.82 Å². The Hall–Kier alpha value is -1.65. The van der Waals surface area contributed by atoms with E-state index in [1.165, 1.54) is 12.0 Å². The summed E-state index contributed by atoms with van der Waals surface area (Å²) >= 11 is 0. The molecule has 0 fully saturated rings. The summed E-state index contributed by atoms with van der Waals surface area (Å²) in [5.41, 5.74) is 0.855. The monoisotopic (exact) mass is 179 g/mol. The summed E-state index contributed by atoms with van der Waals surface area (Å²) in [7, 11) is 3.19.